The molecule has 1 aliphatic rings. The third kappa shape index (κ3) is 2.20. The van der Waals surface area contributed by atoms with Crippen LogP contribution in [0.4, 0.5) is 0 Å². The Kier molecular flexibility index (Phi) is 3.05. The lowest BCUT2D eigenvalue weighted by molar-refractivity contribution is 0.0787. The first-order valence-electron chi connectivity index (χ1n) is 5.65. The number of amides is 1. The van der Waals surface area contributed by atoms with Gasteiger partial charge in [0, 0.05) is 18.7 Å². The first kappa shape index (κ1) is 10.2. The molecule has 0 saturated carbocycles. The minimum atomic E-state index is 0.187. The van der Waals surface area contributed by atoms with E-state index in [1.165, 1.54) is 6.42 Å². The smallest absolute Gasteiger partial charge is 0.253 e. The van der Waals surface area contributed by atoms with Crippen LogP contribution in [0.5, 0.6) is 0 Å². The number of nitrogens with zero attached hydrogens (tertiary/aromatic N) is 1. The van der Waals surface area contributed by atoms with Crippen LogP contribution in [0.25, 0.3) is 0 Å². The molecule has 80 valence electrons. The SMILES string of the molecule is CCC1CCN(C(=O)c2ccccc2)C1. The molecule has 1 aromatic rings. The van der Waals surface area contributed by atoms with Gasteiger partial charge in [-0.3, -0.25) is 4.79 Å². The van der Waals surface area contributed by atoms with Crippen molar-refractivity contribution in [3.8, 4) is 0 Å². The first-order valence-corrected chi connectivity index (χ1v) is 5.65. The summed E-state index contributed by atoms with van der Waals surface area (Å²) in [7, 11) is 0. The van der Waals surface area contributed by atoms with Gasteiger partial charge in [0.15, 0.2) is 0 Å². The molecule has 2 heteroatoms. The number of rotatable bonds is 2. The van der Waals surface area contributed by atoms with Gasteiger partial charge in [-0.25, -0.2) is 0 Å². The summed E-state index contributed by atoms with van der Waals surface area (Å²) >= 11 is 0. The van der Waals surface area contributed by atoms with E-state index in [9.17, 15) is 4.79 Å². The fourth-order valence-electron chi connectivity index (χ4n) is 2.11. The van der Waals surface area contributed by atoms with Gasteiger partial charge < -0.3 is 4.90 Å². The fraction of sp³-hybridized carbons (Fsp3) is 0.462. The van der Waals surface area contributed by atoms with E-state index in [4.69, 9.17) is 0 Å². The van der Waals surface area contributed by atoms with Crippen LogP contribution in [0, 0.1) is 5.92 Å². The Bertz CT molecular complexity index is 334. The van der Waals surface area contributed by atoms with Gasteiger partial charge >= 0.3 is 0 Å². The molecule has 1 fully saturated rings. The predicted molar refractivity (Wildman–Crippen MR) is 60.7 cm³/mol. The van der Waals surface area contributed by atoms with Crippen molar-refractivity contribution in [3.63, 3.8) is 0 Å². The molecule has 2 nitrogen and oxygen atoms in total. The third-order valence-corrected chi connectivity index (χ3v) is 3.17. The molecule has 0 aliphatic carbocycles. The highest BCUT2D eigenvalue weighted by molar-refractivity contribution is 5.94. The van der Waals surface area contributed by atoms with E-state index in [-0.39, 0.29) is 5.91 Å². The summed E-state index contributed by atoms with van der Waals surface area (Å²) in [6, 6.07) is 9.56. The van der Waals surface area contributed by atoms with Gasteiger partial charge in [0.25, 0.3) is 5.91 Å². The van der Waals surface area contributed by atoms with E-state index in [0.717, 1.165) is 25.1 Å². The van der Waals surface area contributed by atoms with E-state index in [0.29, 0.717) is 5.92 Å². The number of likely N-dealkylation sites (tertiary alicyclic amines) is 1. The van der Waals surface area contributed by atoms with Crippen LogP contribution in [-0.2, 0) is 0 Å². The van der Waals surface area contributed by atoms with Crippen LogP contribution < -0.4 is 0 Å². The van der Waals surface area contributed by atoms with Gasteiger partial charge in [-0.15, -0.1) is 0 Å². The number of benzene rings is 1. The normalized spacial score (nSPS) is 20.6. The van der Waals surface area contributed by atoms with E-state index < -0.39 is 0 Å². The average molecular weight is 203 g/mol. The van der Waals surface area contributed by atoms with E-state index in [2.05, 4.69) is 6.92 Å². The summed E-state index contributed by atoms with van der Waals surface area (Å²) in [6.07, 6.45) is 2.34. The van der Waals surface area contributed by atoms with Gasteiger partial charge in [0.05, 0.1) is 0 Å². The average Bonchev–Trinajstić information content (AvgIpc) is 2.78. The largest absolute Gasteiger partial charge is 0.338 e. The monoisotopic (exact) mass is 203 g/mol. The Hall–Kier alpha value is -1.31. The van der Waals surface area contributed by atoms with E-state index >= 15 is 0 Å². The van der Waals surface area contributed by atoms with Gasteiger partial charge in [0.1, 0.15) is 0 Å². The molecular weight excluding hydrogens is 186 g/mol. The highest BCUT2D eigenvalue weighted by Gasteiger charge is 2.25. The molecule has 0 bridgehead atoms. The summed E-state index contributed by atoms with van der Waals surface area (Å²) in [6.45, 7) is 4.05. The highest BCUT2D eigenvalue weighted by Crippen LogP contribution is 2.20. The van der Waals surface area contributed by atoms with Crippen LogP contribution in [0.2, 0.25) is 0 Å². The van der Waals surface area contributed by atoms with Gasteiger partial charge in [-0.1, -0.05) is 31.5 Å². The fourth-order valence-corrected chi connectivity index (χ4v) is 2.11. The summed E-state index contributed by atoms with van der Waals surface area (Å²) in [5, 5.41) is 0. The van der Waals surface area contributed by atoms with E-state index in [1.54, 1.807) is 0 Å². The Morgan fingerprint density at radius 1 is 1.40 bits per heavy atom. The molecule has 1 amide bonds. The zero-order valence-corrected chi connectivity index (χ0v) is 9.15. The first-order chi connectivity index (χ1) is 7.31. The lowest BCUT2D eigenvalue weighted by Crippen LogP contribution is -2.28. The van der Waals surface area contributed by atoms with Gasteiger partial charge in [-0.2, -0.15) is 0 Å². The molecule has 1 aromatic carbocycles. The maximum Gasteiger partial charge on any atom is 0.253 e. The molecule has 1 heterocycles. The van der Waals surface area contributed by atoms with Gasteiger partial charge in [0.2, 0.25) is 0 Å². The second kappa shape index (κ2) is 4.47. The molecule has 2 rings (SSSR count). The molecule has 15 heavy (non-hydrogen) atoms. The maximum atomic E-state index is 12.0. The molecular formula is C13H17NO. The summed E-state index contributed by atoms with van der Waals surface area (Å²) in [4.78, 5) is 14.0. The minimum Gasteiger partial charge on any atom is -0.338 e. The van der Waals surface area contributed by atoms with Crippen molar-refractivity contribution >= 4 is 5.91 Å². The lowest BCUT2D eigenvalue weighted by atomic mass is 10.1. The molecule has 1 saturated heterocycles. The number of hydrogen-bond acceptors (Lipinski definition) is 1. The molecule has 0 N–H and O–H groups in total. The Balaban J connectivity index is 2.04. The van der Waals surface area contributed by atoms with Crippen LogP contribution in [0.15, 0.2) is 30.3 Å². The van der Waals surface area contributed by atoms with Crippen LogP contribution in [-0.4, -0.2) is 23.9 Å². The number of hydrogen-bond donors (Lipinski definition) is 0. The Labute approximate surface area is 90.9 Å². The number of carbonyl (C=O) groups is 1. The van der Waals surface area contributed by atoms with Crippen molar-refractivity contribution in [1.29, 1.82) is 0 Å². The quantitative estimate of drug-likeness (QED) is 0.723. The summed E-state index contributed by atoms with van der Waals surface area (Å²) in [5.41, 5.74) is 0.814. The predicted octanol–water partition coefficient (Wildman–Crippen LogP) is 2.56. The van der Waals surface area contributed by atoms with Crippen molar-refractivity contribution in [2.45, 2.75) is 19.8 Å². The van der Waals surface area contributed by atoms with E-state index in [1.807, 2.05) is 35.2 Å². The highest BCUT2D eigenvalue weighted by atomic mass is 16.2. The molecule has 0 aromatic heterocycles. The van der Waals surface area contributed by atoms with Crippen molar-refractivity contribution in [3.05, 3.63) is 35.9 Å². The Morgan fingerprint density at radius 3 is 2.73 bits per heavy atom. The molecule has 1 atom stereocenters. The molecule has 0 radical (unpaired) electrons. The summed E-state index contributed by atoms with van der Waals surface area (Å²) < 4.78 is 0. The number of carbonyl (C=O) groups excluding carboxylic acids is 1. The van der Waals surface area contributed by atoms with Gasteiger partial charge in [-0.05, 0) is 24.5 Å². The minimum absolute atomic E-state index is 0.187. The lowest BCUT2D eigenvalue weighted by Gasteiger charge is -2.16. The molecule has 1 aliphatic heterocycles. The zero-order valence-electron chi connectivity index (χ0n) is 9.15. The standard InChI is InChI=1S/C13H17NO/c1-2-11-8-9-14(10-11)13(15)12-6-4-3-5-7-12/h3-7,11H,2,8-10H2,1H3. The van der Waals surface area contributed by atoms with Crippen LogP contribution in [0.1, 0.15) is 30.1 Å². The molecule has 1 unspecified atom stereocenters. The Morgan fingerprint density at radius 2 is 2.13 bits per heavy atom. The van der Waals surface area contributed by atoms with Crippen LogP contribution in [0.3, 0.4) is 0 Å². The second-order valence-electron chi connectivity index (χ2n) is 4.18. The van der Waals surface area contributed by atoms with Crippen LogP contribution >= 0.6 is 0 Å². The summed E-state index contributed by atoms with van der Waals surface area (Å²) in [5.74, 6) is 0.893. The van der Waals surface area contributed by atoms with Crippen molar-refractivity contribution in [2.24, 2.45) is 5.92 Å². The van der Waals surface area contributed by atoms with Crippen molar-refractivity contribution in [2.75, 3.05) is 13.1 Å². The maximum absolute atomic E-state index is 12.0. The third-order valence-electron chi connectivity index (χ3n) is 3.17. The second-order valence-corrected chi connectivity index (χ2v) is 4.18. The topological polar surface area (TPSA) is 20.3 Å². The molecule has 0 spiro atoms. The van der Waals surface area contributed by atoms with Crippen molar-refractivity contribution < 1.29 is 4.79 Å². The van der Waals surface area contributed by atoms with Crippen molar-refractivity contribution in [1.82, 2.24) is 4.90 Å². The zero-order chi connectivity index (χ0) is 10.7.